The van der Waals surface area contributed by atoms with Crippen molar-refractivity contribution in [3.63, 3.8) is 0 Å². The molecule has 0 saturated carbocycles. The molecule has 1 N–H and O–H groups in total. The summed E-state index contributed by atoms with van der Waals surface area (Å²) in [5, 5.41) is 7.01. The van der Waals surface area contributed by atoms with Gasteiger partial charge in [-0.05, 0) is 0 Å². The average Bonchev–Trinajstić information content (AvgIpc) is 1.37. The third-order valence-electron chi connectivity index (χ3n) is 0.0430. The third-order valence-corrected chi connectivity index (χ3v) is 0.0430. The molecule has 0 rings (SSSR count). The molecule has 0 unspecified atom stereocenters. The summed E-state index contributed by atoms with van der Waals surface area (Å²) in [6, 6.07) is 0. The molecular formula is CH4Na2O3. The molecule has 0 aliphatic heterocycles. The molecule has 0 saturated heterocycles. The van der Waals surface area contributed by atoms with Crippen LogP contribution in [0.25, 0.3) is 0 Å². The van der Waals surface area contributed by atoms with Crippen LogP contribution >= 0.6 is 0 Å². The van der Waals surface area contributed by atoms with Crippen molar-refractivity contribution in [3.05, 3.63) is 0 Å². The second-order valence-electron chi connectivity index (χ2n) is 0.202. The van der Waals surface area contributed by atoms with E-state index in [0.29, 0.717) is 0 Å². The summed E-state index contributed by atoms with van der Waals surface area (Å²) in [5.41, 5.74) is 0. The fraction of sp³-hybridized carbons (Fsp3) is 0. The van der Waals surface area contributed by atoms with Crippen LogP contribution in [0.1, 0.15) is 0 Å². The van der Waals surface area contributed by atoms with E-state index in [1.54, 1.807) is 0 Å². The number of hydrogen-bond donors (Lipinski definition) is 1. The quantitative estimate of drug-likeness (QED) is 0.190. The van der Waals surface area contributed by atoms with Gasteiger partial charge in [-0.1, -0.05) is 0 Å². The van der Waals surface area contributed by atoms with Crippen LogP contribution in [-0.4, -0.2) is 70.8 Å². The van der Waals surface area contributed by atoms with Gasteiger partial charge in [-0.25, -0.2) is 5.26 Å². The Hall–Kier alpha value is 1.43. The molecule has 0 amide bonds. The van der Waals surface area contributed by atoms with Crippen molar-refractivity contribution in [2.24, 2.45) is 0 Å². The zero-order valence-electron chi connectivity index (χ0n) is 1.84. The first-order valence-corrected chi connectivity index (χ1v) is 0.654. The van der Waals surface area contributed by atoms with Gasteiger partial charge in [-0.2, -0.15) is 0 Å². The van der Waals surface area contributed by atoms with Crippen molar-refractivity contribution >= 4 is 65.6 Å². The molecule has 0 atom stereocenters. The van der Waals surface area contributed by atoms with Crippen molar-refractivity contribution < 1.29 is 14.9 Å². The molecule has 0 fully saturated rings. The molecule has 0 spiro atoms. The van der Waals surface area contributed by atoms with E-state index < -0.39 is 0 Å². The zero-order chi connectivity index (χ0) is 3.41. The van der Waals surface area contributed by atoms with E-state index >= 15 is 0 Å². The van der Waals surface area contributed by atoms with Gasteiger partial charge >= 0.3 is 65.6 Å². The predicted molar refractivity (Wildman–Crippen MR) is 24.1 cm³/mol. The van der Waals surface area contributed by atoms with E-state index in [9.17, 15) is 0 Å². The maximum atomic E-state index is 8.70. The minimum absolute atomic E-state index is 0. The topological polar surface area (TPSA) is 46.5 Å². The summed E-state index contributed by atoms with van der Waals surface area (Å²) < 4.78 is 0. The van der Waals surface area contributed by atoms with Crippen LogP contribution < -0.4 is 0 Å². The van der Waals surface area contributed by atoms with Crippen molar-refractivity contribution in [3.8, 4) is 0 Å². The van der Waals surface area contributed by atoms with Gasteiger partial charge in [0.25, 0.3) is 0 Å². The van der Waals surface area contributed by atoms with Crippen molar-refractivity contribution in [2.45, 2.75) is 0 Å². The van der Waals surface area contributed by atoms with E-state index in [4.69, 9.17) is 10.1 Å². The Morgan fingerprint density at radius 3 is 1.67 bits per heavy atom. The summed E-state index contributed by atoms with van der Waals surface area (Å²) >= 11 is 0. The molecular weight excluding hydrogens is 106 g/mol. The third kappa shape index (κ3) is 18.0. The van der Waals surface area contributed by atoms with Gasteiger partial charge in [0.1, 0.15) is 0 Å². The normalized spacial score (nSPS) is 3.50. The summed E-state index contributed by atoms with van der Waals surface area (Å²) in [7, 11) is 0. The molecule has 3 nitrogen and oxygen atoms in total. The van der Waals surface area contributed by atoms with Crippen LogP contribution in [-0.2, 0) is 9.68 Å². The molecule has 0 aliphatic carbocycles. The van der Waals surface area contributed by atoms with Crippen LogP contribution in [0.3, 0.4) is 0 Å². The Bertz CT molecular complexity index is 22.8. The second kappa shape index (κ2) is 16.1. The summed E-state index contributed by atoms with van der Waals surface area (Å²) in [5.74, 6) is 0. The van der Waals surface area contributed by atoms with E-state index in [0.717, 1.165) is 0 Å². The number of hydrogen-bond acceptors (Lipinski definition) is 3. The maximum absolute atomic E-state index is 8.70. The van der Waals surface area contributed by atoms with Gasteiger partial charge in [-0.3, -0.25) is 4.79 Å². The van der Waals surface area contributed by atoms with Crippen LogP contribution in [0.5, 0.6) is 0 Å². The molecule has 0 aliphatic rings. The molecule has 6 heavy (non-hydrogen) atoms. The van der Waals surface area contributed by atoms with Crippen molar-refractivity contribution in [2.75, 3.05) is 0 Å². The first kappa shape index (κ1) is 15.7. The fourth-order valence-electron chi connectivity index (χ4n) is 0. The average molecular weight is 110 g/mol. The Kier molecular flexibility index (Phi) is 42.0. The van der Waals surface area contributed by atoms with Crippen molar-refractivity contribution in [1.29, 1.82) is 0 Å². The SMILES string of the molecule is O=COO.[NaH].[NaH]. The molecule has 0 bridgehead atoms. The predicted octanol–water partition coefficient (Wildman–Crippen LogP) is -1.66. The van der Waals surface area contributed by atoms with Gasteiger partial charge < -0.3 is 4.89 Å². The molecule has 5 heteroatoms. The standard InChI is InChI=1S/CH2O3.2Na.2H/c2-1-4-3;;;;/h1,3H;;;;. The van der Waals surface area contributed by atoms with Gasteiger partial charge in [0, 0.05) is 0 Å². The van der Waals surface area contributed by atoms with E-state index in [1.807, 2.05) is 0 Å². The van der Waals surface area contributed by atoms with Gasteiger partial charge in [0.15, 0.2) is 0 Å². The summed E-state index contributed by atoms with van der Waals surface area (Å²) in [4.78, 5) is 11.6. The summed E-state index contributed by atoms with van der Waals surface area (Å²) in [6.07, 6.45) is 0. The zero-order valence-corrected chi connectivity index (χ0v) is 1.84. The molecule has 0 aromatic rings. The fourth-order valence-corrected chi connectivity index (χ4v) is 0. The Labute approximate surface area is 79.6 Å². The first-order valence-electron chi connectivity index (χ1n) is 0.654. The number of rotatable bonds is 1. The Balaban J connectivity index is -0.0000000450. The monoisotopic (exact) mass is 110 g/mol. The molecule has 0 heterocycles. The minimum atomic E-state index is -0.0694. The van der Waals surface area contributed by atoms with Gasteiger partial charge in [0.2, 0.25) is 0 Å². The van der Waals surface area contributed by atoms with Crippen LogP contribution in [0, 0.1) is 0 Å². The van der Waals surface area contributed by atoms with Crippen LogP contribution in [0.15, 0.2) is 0 Å². The number of carbonyl (C=O) groups is 1. The molecule has 0 aromatic carbocycles. The van der Waals surface area contributed by atoms with E-state index in [2.05, 4.69) is 4.89 Å². The Morgan fingerprint density at radius 2 is 1.67 bits per heavy atom. The molecule has 0 radical (unpaired) electrons. The van der Waals surface area contributed by atoms with E-state index in [1.165, 1.54) is 0 Å². The Morgan fingerprint density at radius 1 is 1.50 bits per heavy atom. The second-order valence-corrected chi connectivity index (χ2v) is 0.202. The first-order chi connectivity index (χ1) is 1.91. The van der Waals surface area contributed by atoms with Crippen LogP contribution in [0.2, 0.25) is 0 Å². The van der Waals surface area contributed by atoms with Gasteiger partial charge in [-0.15, -0.1) is 0 Å². The van der Waals surface area contributed by atoms with Crippen LogP contribution in [0.4, 0.5) is 0 Å². The number of carbonyl (C=O) groups excluding carboxylic acids is 1. The van der Waals surface area contributed by atoms with Gasteiger partial charge in [0.05, 0.1) is 0 Å². The molecule has 0 aromatic heterocycles. The molecule has 28 valence electrons. The summed E-state index contributed by atoms with van der Waals surface area (Å²) in [6.45, 7) is -0.0694. The van der Waals surface area contributed by atoms with Crippen molar-refractivity contribution in [1.82, 2.24) is 0 Å². The van der Waals surface area contributed by atoms with E-state index in [-0.39, 0.29) is 65.6 Å².